The monoisotopic (exact) mass is 428 g/mol. The Hall–Kier alpha value is -2.57. The van der Waals surface area contributed by atoms with Gasteiger partial charge in [-0.2, -0.15) is 0 Å². The molecule has 0 N–H and O–H groups in total. The molecule has 4 rings (SSSR count). The number of carbonyl (C=O) groups excluding carboxylic acids is 3. The number of benzene rings is 1. The van der Waals surface area contributed by atoms with Gasteiger partial charge in [-0.25, -0.2) is 0 Å². The van der Waals surface area contributed by atoms with Gasteiger partial charge >= 0.3 is 0 Å². The molecule has 31 heavy (non-hydrogen) atoms. The highest BCUT2D eigenvalue weighted by Crippen LogP contribution is 2.42. The number of hydrogen-bond acceptors (Lipinski definition) is 5. The van der Waals surface area contributed by atoms with Crippen molar-refractivity contribution in [1.29, 1.82) is 0 Å². The summed E-state index contributed by atoms with van der Waals surface area (Å²) < 4.78 is 11.0. The smallest absolute Gasteiger partial charge is 0.291 e. The SMILES string of the molecule is CCC(C)(C)C(=O)C(=O)N1C2CCCC1[C@@H]1Cc3c(cc(OC)cc3OC)CN1C2=O. The molecule has 2 fully saturated rings. The summed E-state index contributed by atoms with van der Waals surface area (Å²) in [5, 5.41) is 0. The summed E-state index contributed by atoms with van der Waals surface area (Å²) in [4.78, 5) is 43.4. The van der Waals surface area contributed by atoms with Crippen molar-refractivity contribution >= 4 is 17.6 Å². The Morgan fingerprint density at radius 2 is 1.87 bits per heavy atom. The maximum atomic E-state index is 13.5. The maximum absolute atomic E-state index is 13.5. The molecule has 0 spiro atoms. The van der Waals surface area contributed by atoms with Crippen LogP contribution in [0, 0.1) is 5.41 Å². The zero-order valence-corrected chi connectivity index (χ0v) is 19.1. The molecule has 7 nitrogen and oxygen atoms in total. The predicted octanol–water partition coefficient (Wildman–Crippen LogP) is 2.73. The second-order valence-corrected chi connectivity index (χ2v) is 9.50. The lowest BCUT2D eigenvalue weighted by atomic mass is 9.78. The standard InChI is InChI=1S/C24H32N2O5/c1-6-24(2,3)21(27)23(29)26-17-8-7-9-18(26)22(28)25-13-14-10-15(30-4)11-20(31-5)16(14)12-19(17)25/h10-11,17-19H,6-9,12-13H2,1-5H3/t17?,18?,19-/m0/s1. The number of ketones is 1. The van der Waals surface area contributed by atoms with Crippen molar-refractivity contribution in [2.24, 2.45) is 5.41 Å². The minimum Gasteiger partial charge on any atom is -0.497 e. The van der Waals surface area contributed by atoms with E-state index in [1.54, 1.807) is 33.0 Å². The number of nitrogens with zero attached hydrogens (tertiary/aromatic N) is 2. The van der Waals surface area contributed by atoms with Gasteiger partial charge in [-0.15, -0.1) is 0 Å². The molecule has 3 atom stereocenters. The summed E-state index contributed by atoms with van der Waals surface area (Å²) in [6.45, 7) is 5.98. The molecule has 3 aliphatic rings. The summed E-state index contributed by atoms with van der Waals surface area (Å²) in [6.07, 6.45) is 3.47. The molecule has 1 aromatic rings. The van der Waals surface area contributed by atoms with Crippen LogP contribution in [0.2, 0.25) is 0 Å². The first kappa shape index (κ1) is 21.7. The van der Waals surface area contributed by atoms with E-state index in [2.05, 4.69) is 0 Å². The number of methoxy groups -OCH3 is 2. The fourth-order valence-electron chi connectivity index (χ4n) is 5.25. The number of ether oxygens (including phenoxy) is 2. The van der Waals surface area contributed by atoms with Gasteiger partial charge in [-0.05, 0) is 43.7 Å². The van der Waals surface area contributed by atoms with Crippen molar-refractivity contribution in [1.82, 2.24) is 9.80 Å². The molecule has 168 valence electrons. The third-order valence-corrected chi connectivity index (χ3v) is 7.49. The van der Waals surface area contributed by atoms with Crippen LogP contribution >= 0.6 is 0 Å². The Kier molecular flexibility index (Phi) is 5.48. The quantitative estimate of drug-likeness (QED) is 0.674. The Balaban J connectivity index is 1.72. The molecular weight excluding hydrogens is 396 g/mol. The first-order chi connectivity index (χ1) is 14.7. The van der Waals surface area contributed by atoms with Crippen LogP contribution < -0.4 is 9.47 Å². The lowest BCUT2D eigenvalue weighted by Crippen LogP contribution is -2.71. The summed E-state index contributed by atoms with van der Waals surface area (Å²) in [7, 11) is 3.24. The Labute approximate surface area is 183 Å². The molecule has 3 aliphatic heterocycles. The highest BCUT2D eigenvalue weighted by Gasteiger charge is 2.54. The summed E-state index contributed by atoms with van der Waals surface area (Å²) in [6, 6.07) is 2.97. The Morgan fingerprint density at radius 1 is 1.13 bits per heavy atom. The van der Waals surface area contributed by atoms with Crippen LogP contribution in [-0.4, -0.2) is 59.7 Å². The van der Waals surface area contributed by atoms with E-state index in [9.17, 15) is 14.4 Å². The maximum Gasteiger partial charge on any atom is 0.291 e. The molecule has 3 heterocycles. The highest BCUT2D eigenvalue weighted by atomic mass is 16.5. The molecule has 0 aromatic heterocycles. The van der Waals surface area contributed by atoms with E-state index in [0.717, 1.165) is 29.7 Å². The van der Waals surface area contributed by atoms with E-state index in [1.165, 1.54) is 0 Å². The van der Waals surface area contributed by atoms with Gasteiger partial charge in [0.1, 0.15) is 17.5 Å². The molecule has 2 unspecified atom stereocenters. The van der Waals surface area contributed by atoms with Gasteiger partial charge in [0.2, 0.25) is 11.7 Å². The number of Topliss-reactive ketones (excluding diaryl/α,β-unsaturated/α-hetero) is 1. The van der Waals surface area contributed by atoms with Crippen LogP contribution in [0.15, 0.2) is 12.1 Å². The van der Waals surface area contributed by atoms with Crippen LogP contribution in [0.25, 0.3) is 0 Å². The van der Waals surface area contributed by atoms with Gasteiger partial charge in [0.25, 0.3) is 5.91 Å². The van der Waals surface area contributed by atoms with E-state index in [-0.39, 0.29) is 18.0 Å². The second kappa shape index (κ2) is 7.84. The van der Waals surface area contributed by atoms with Gasteiger partial charge in [-0.3, -0.25) is 14.4 Å². The molecule has 2 bridgehead atoms. The van der Waals surface area contributed by atoms with Crippen molar-refractivity contribution in [3.05, 3.63) is 23.3 Å². The highest BCUT2D eigenvalue weighted by molar-refractivity contribution is 6.38. The number of fused-ring (bicyclic) bond motifs is 5. The van der Waals surface area contributed by atoms with Crippen LogP contribution in [0.4, 0.5) is 0 Å². The van der Waals surface area contributed by atoms with Gasteiger partial charge in [0.05, 0.1) is 26.3 Å². The lowest BCUT2D eigenvalue weighted by molar-refractivity contribution is -0.170. The number of piperidine rings is 1. The molecule has 7 heteroatoms. The van der Waals surface area contributed by atoms with Gasteiger partial charge in [0, 0.05) is 23.6 Å². The molecule has 2 amide bonds. The minimum atomic E-state index is -0.732. The van der Waals surface area contributed by atoms with Crippen molar-refractivity contribution in [3.63, 3.8) is 0 Å². The van der Waals surface area contributed by atoms with E-state index < -0.39 is 23.1 Å². The Bertz CT molecular complexity index is 925. The molecule has 0 radical (unpaired) electrons. The van der Waals surface area contributed by atoms with Crippen molar-refractivity contribution in [2.75, 3.05) is 14.2 Å². The number of hydrogen-bond donors (Lipinski definition) is 0. The third kappa shape index (κ3) is 3.38. The van der Waals surface area contributed by atoms with Crippen LogP contribution in [0.1, 0.15) is 57.6 Å². The van der Waals surface area contributed by atoms with E-state index in [1.807, 2.05) is 24.0 Å². The van der Waals surface area contributed by atoms with Crippen LogP contribution in [0.5, 0.6) is 11.5 Å². The number of rotatable bonds is 5. The molecule has 0 saturated carbocycles. The van der Waals surface area contributed by atoms with Gasteiger partial charge < -0.3 is 19.3 Å². The van der Waals surface area contributed by atoms with Crippen LogP contribution in [-0.2, 0) is 27.3 Å². The van der Waals surface area contributed by atoms with E-state index in [0.29, 0.717) is 31.6 Å². The first-order valence-electron chi connectivity index (χ1n) is 11.1. The second-order valence-electron chi connectivity index (χ2n) is 9.50. The fourth-order valence-corrected chi connectivity index (χ4v) is 5.25. The average Bonchev–Trinajstić information content (AvgIpc) is 2.79. The lowest BCUT2D eigenvalue weighted by Gasteiger charge is -2.55. The van der Waals surface area contributed by atoms with Crippen LogP contribution in [0.3, 0.4) is 0 Å². The molecule has 1 aromatic carbocycles. The zero-order chi connectivity index (χ0) is 22.5. The summed E-state index contributed by atoms with van der Waals surface area (Å²) in [5.41, 5.74) is 1.33. The van der Waals surface area contributed by atoms with E-state index >= 15 is 0 Å². The predicted molar refractivity (Wildman–Crippen MR) is 115 cm³/mol. The average molecular weight is 429 g/mol. The zero-order valence-electron chi connectivity index (χ0n) is 19.1. The van der Waals surface area contributed by atoms with Crippen molar-refractivity contribution < 1.29 is 23.9 Å². The Morgan fingerprint density at radius 3 is 2.52 bits per heavy atom. The molecular formula is C24H32N2O5. The topological polar surface area (TPSA) is 76.2 Å². The summed E-state index contributed by atoms with van der Waals surface area (Å²) >= 11 is 0. The normalized spacial score (nSPS) is 24.9. The fraction of sp³-hybridized carbons (Fsp3) is 0.625. The summed E-state index contributed by atoms with van der Waals surface area (Å²) in [5.74, 6) is 0.487. The molecule has 2 saturated heterocycles. The van der Waals surface area contributed by atoms with Crippen molar-refractivity contribution in [2.45, 2.75) is 77.5 Å². The van der Waals surface area contributed by atoms with Crippen molar-refractivity contribution in [3.8, 4) is 11.5 Å². The van der Waals surface area contributed by atoms with Gasteiger partial charge in [-0.1, -0.05) is 20.8 Å². The minimum absolute atomic E-state index is 0.0520. The van der Waals surface area contributed by atoms with E-state index in [4.69, 9.17) is 9.47 Å². The largest absolute Gasteiger partial charge is 0.497 e. The third-order valence-electron chi connectivity index (χ3n) is 7.49. The number of piperazine rings is 1. The first-order valence-corrected chi connectivity index (χ1v) is 11.1. The molecule has 0 aliphatic carbocycles. The number of carbonyl (C=O) groups is 3. The van der Waals surface area contributed by atoms with Gasteiger partial charge in [0.15, 0.2) is 0 Å². The number of amides is 2.